The van der Waals surface area contributed by atoms with Gasteiger partial charge in [-0.3, -0.25) is 4.79 Å². The van der Waals surface area contributed by atoms with Crippen LogP contribution in [0.3, 0.4) is 0 Å². The summed E-state index contributed by atoms with van der Waals surface area (Å²) in [5.41, 5.74) is 1.26. The number of esters is 1. The number of aliphatic carboxylic acids is 1. The van der Waals surface area contributed by atoms with Crippen LogP contribution >= 0.6 is 11.3 Å². The van der Waals surface area contributed by atoms with E-state index >= 15 is 0 Å². The minimum absolute atomic E-state index is 0. The fourth-order valence-electron chi connectivity index (χ4n) is 3.56. The van der Waals surface area contributed by atoms with Crippen LogP contribution in [0.5, 0.6) is 11.5 Å². The second kappa shape index (κ2) is 13.4. The first kappa shape index (κ1) is 27.7. The number of methoxy groups -OCH3 is 2. The summed E-state index contributed by atoms with van der Waals surface area (Å²) in [6.07, 6.45) is 2.51. The summed E-state index contributed by atoms with van der Waals surface area (Å²) in [4.78, 5) is 25.4. The first-order valence-corrected chi connectivity index (χ1v) is 11.3. The molecule has 0 amide bonds. The number of thiophene rings is 1. The second-order valence-electron chi connectivity index (χ2n) is 7.46. The molecule has 1 aliphatic rings. The molecular weight excluding hydrogens is 467 g/mol. The monoisotopic (exact) mass is 492 g/mol. The van der Waals surface area contributed by atoms with Crippen LogP contribution in [0.1, 0.15) is 36.1 Å². The molecule has 1 saturated heterocycles. The Hall–Kier alpha value is -2.51. The predicted molar refractivity (Wildman–Crippen MR) is 123 cm³/mol. The Bertz CT molecular complexity index is 1070. The van der Waals surface area contributed by atoms with Gasteiger partial charge in [-0.1, -0.05) is 0 Å². The summed E-state index contributed by atoms with van der Waals surface area (Å²) in [6, 6.07) is 11.6. The van der Waals surface area contributed by atoms with Crippen molar-refractivity contribution in [2.75, 3.05) is 32.2 Å². The zero-order valence-corrected chi connectivity index (χ0v) is 22.4. The summed E-state index contributed by atoms with van der Waals surface area (Å²) >= 11 is 1.58. The van der Waals surface area contributed by atoms with Crippen LogP contribution in [0.15, 0.2) is 30.3 Å². The fourth-order valence-corrected chi connectivity index (χ4v) is 4.56. The summed E-state index contributed by atoms with van der Waals surface area (Å²) in [5, 5.41) is 21.2. The Morgan fingerprint density at radius 3 is 2.47 bits per heavy atom. The molecule has 1 aromatic carbocycles. The summed E-state index contributed by atoms with van der Waals surface area (Å²) in [7, 11) is 3.12. The largest absolute Gasteiger partial charge is 1.00 e. The number of hydrogen-bond acceptors (Lipinski definition) is 9. The van der Waals surface area contributed by atoms with Crippen LogP contribution in [-0.4, -0.2) is 45.4 Å². The molecule has 34 heavy (non-hydrogen) atoms. The van der Waals surface area contributed by atoms with E-state index in [1.165, 1.54) is 0 Å². The molecule has 0 saturated carbocycles. The molecule has 0 atom stereocenters. The van der Waals surface area contributed by atoms with Gasteiger partial charge in [0.25, 0.3) is 0 Å². The predicted octanol–water partition coefficient (Wildman–Crippen LogP) is -0.124. The van der Waals surface area contributed by atoms with Crippen molar-refractivity contribution in [3.63, 3.8) is 0 Å². The van der Waals surface area contributed by atoms with Gasteiger partial charge >= 0.3 is 35.5 Å². The molecule has 8 nitrogen and oxygen atoms in total. The molecule has 0 radical (unpaired) electrons. The molecular formula is C24H25N2NaO6S. The van der Waals surface area contributed by atoms with Crippen molar-refractivity contribution in [2.45, 2.75) is 31.8 Å². The first-order chi connectivity index (χ1) is 15.9. The number of anilines is 1. The third kappa shape index (κ3) is 7.50. The number of ether oxygens (including phenoxy) is 3. The molecule has 0 N–H and O–H groups in total. The van der Waals surface area contributed by atoms with E-state index in [1.54, 1.807) is 37.7 Å². The number of carbonyl (C=O) groups excluding carboxylic acids is 2. The van der Waals surface area contributed by atoms with E-state index in [0.29, 0.717) is 29.9 Å². The van der Waals surface area contributed by atoms with E-state index in [1.807, 2.05) is 24.3 Å². The van der Waals surface area contributed by atoms with E-state index in [4.69, 9.17) is 14.2 Å². The van der Waals surface area contributed by atoms with Crippen molar-refractivity contribution >= 4 is 39.9 Å². The van der Waals surface area contributed by atoms with Crippen molar-refractivity contribution in [2.24, 2.45) is 0 Å². The van der Waals surface area contributed by atoms with Gasteiger partial charge in [0.05, 0.1) is 37.3 Å². The SMILES string of the molecule is COc1ccc(C(C#N)=Cc2ccc(N3CCC(OC(=O)CCC(=O)[O-])CC3)s2)cc1OC.[Na+]. The van der Waals surface area contributed by atoms with Crippen LogP contribution in [0.2, 0.25) is 0 Å². The number of allylic oxidation sites excluding steroid dienone is 1. The summed E-state index contributed by atoms with van der Waals surface area (Å²) in [5.74, 6) is -0.591. The van der Waals surface area contributed by atoms with Gasteiger partial charge in [-0.2, -0.15) is 5.26 Å². The van der Waals surface area contributed by atoms with Gasteiger partial charge < -0.3 is 29.0 Å². The van der Waals surface area contributed by atoms with E-state index < -0.39 is 11.9 Å². The van der Waals surface area contributed by atoms with E-state index in [9.17, 15) is 20.0 Å². The van der Waals surface area contributed by atoms with Gasteiger partial charge in [-0.25, -0.2) is 0 Å². The van der Waals surface area contributed by atoms with Gasteiger partial charge in [0.1, 0.15) is 6.10 Å². The van der Waals surface area contributed by atoms with Crippen molar-refractivity contribution in [3.8, 4) is 17.6 Å². The zero-order valence-electron chi connectivity index (χ0n) is 19.5. The van der Waals surface area contributed by atoms with Crippen molar-refractivity contribution in [1.82, 2.24) is 0 Å². The summed E-state index contributed by atoms with van der Waals surface area (Å²) in [6.45, 7) is 1.45. The molecule has 1 fully saturated rings. The number of carboxylic acid groups (broad SMARTS) is 1. The molecule has 0 spiro atoms. The average molecular weight is 493 g/mol. The van der Waals surface area contributed by atoms with Crippen LogP contribution in [-0.2, 0) is 14.3 Å². The molecule has 0 bridgehead atoms. The molecule has 3 rings (SSSR count). The van der Waals surface area contributed by atoms with E-state index in [2.05, 4.69) is 11.0 Å². The molecule has 2 heterocycles. The van der Waals surface area contributed by atoms with Gasteiger partial charge in [0, 0.05) is 36.8 Å². The third-order valence-corrected chi connectivity index (χ3v) is 6.39. The maximum absolute atomic E-state index is 11.7. The van der Waals surface area contributed by atoms with E-state index in [-0.39, 0.29) is 48.5 Å². The maximum atomic E-state index is 11.7. The molecule has 0 aliphatic carbocycles. The number of rotatable bonds is 9. The Kier molecular flexibility index (Phi) is 10.9. The second-order valence-corrected chi connectivity index (χ2v) is 8.56. The number of carboxylic acids is 1. The third-order valence-electron chi connectivity index (χ3n) is 5.30. The van der Waals surface area contributed by atoms with Crippen molar-refractivity contribution in [3.05, 3.63) is 40.8 Å². The summed E-state index contributed by atoms with van der Waals surface area (Å²) < 4.78 is 16.0. The standard InChI is InChI=1S/C24H26N2O6S.Na/c1-30-20-5-3-16(14-21(20)31-2)17(15-25)13-19-4-6-22(33-19)26-11-9-18(10-12-26)32-24(29)8-7-23(27)28;/h3-6,13-14,18H,7-12H2,1-2H3,(H,27,28);/q;+1/p-1. The molecule has 1 aromatic heterocycles. The van der Waals surface area contributed by atoms with Gasteiger partial charge in [-0.05, 0) is 48.4 Å². The molecule has 174 valence electrons. The number of benzene rings is 1. The Balaban J connectivity index is 0.00000408. The van der Waals surface area contributed by atoms with Gasteiger partial charge in [0.2, 0.25) is 0 Å². The van der Waals surface area contributed by atoms with E-state index in [0.717, 1.165) is 28.5 Å². The number of carbonyl (C=O) groups is 2. The minimum Gasteiger partial charge on any atom is -0.550 e. The smallest absolute Gasteiger partial charge is 0.550 e. The Morgan fingerprint density at radius 2 is 1.85 bits per heavy atom. The maximum Gasteiger partial charge on any atom is 1.00 e. The van der Waals surface area contributed by atoms with Crippen molar-refractivity contribution < 1.29 is 58.5 Å². The Labute approximate surface area is 225 Å². The molecule has 10 heteroatoms. The number of piperidine rings is 1. The van der Waals surface area contributed by atoms with Crippen LogP contribution in [0.4, 0.5) is 5.00 Å². The quantitative estimate of drug-likeness (QED) is 0.271. The zero-order chi connectivity index (χ0) is 23.8. The topological polar surface area (TPSA) is 112 Å². The van der Waals surface area contributed by atoms with Crippen LogP contribution in [0.25, 0.3) is 11.6 Å². The average Bonchev–Trinajstić information content (AvgIpc) is 3.30. The van der Waals surface area contributed by atoms with Gasteiger partial charge in [-0.15, -0.1) is 11.3 Å². The van der Waals surface area contributed by atoms with Crippen molar-refractivity contribution in [1.29, 1.82) is 5.26 Å². The number of hydrogen-bond donors (Lipinski definition) is 0. The number of nitriles is 1. The normalized spacial score (nSPS) is 14.0. The fraction of sp³-hybridized carbons (Fsp3) is 0.375. The minimum atomic E-state index is -1.25. The molecule has 2 aromatic rings. The number of nitrogens with zero attached hydrogens (tertiary/aromatic N) is 2. The van der Waals surface area contributed by atoms with Crippen LogP contribution in [0, 0.1) is 11.3 Å². The Morgan fingerprint density at radius 1 is 1.15 bits per heavy atom. The first-order valence-electron chi connectivity index (χ1n) is 10.5. The van der Waals surface area contributed by atoms with Crippen LogP contribution < -0.4 is 49.0 Å². The van der Waals surface area contributed by atoms with Gasteiger partial charge in [0.15, 0.2) is 11.5 Å². The molecule has 1 aliphatic heterocycles. The molecule has 0 unspecified atom stereocenters.